The van der Waals surface area contributed by atoms with Gasteiger partial charge in [0.25, 0.3) is 0 Å². The maximum Gasteiger partial charge on any atom is 0.461 e. The number of hydrogen-bond donors (Lipinski definition) is 0. The minimum absolute atomic E-state index is 0.283. The lowest BCUT2D eigenvalue weighted by atomic mass is 9.78. The lowest BCUT2D eigenvalue weighted by Gasteiger charge is -2.40. The fourth-order valence-corrected chi connectivity index (χ4v) is 2.57. The van der Waals surface area contributed by atoms with Crippen molar-refractivity contribution in [2.75, 3.05) is 14.2 Å². The molecule has 1 aromatic rings. The minimum atomic E-state index is -6.03. The zero-order valence-corrected chi connectivity index (χ0v) is 12.2. The van der Waals surface area contributed by atoms with Crippen molar-refractivity contribution in [1.29, 1.82) is 0 Å². The number of fused-ring (bicyclic) bond motifs is 1. The van der Waals surface area contributed by atoms with Crippen LogP contribution in [-0.4, -0.2) is 37.7 Å². The predicted octanol–water partition coefficient (Wildman–Crippen LogP) is 3.55. The third kappa shape index (κ3) is 2.55. The molecule has 126 valence electrons. The van der Waals surface area contributed by atoms with Gasteiger partial charge in [-0.05, 0) is 17.2 Å². The lowest BCUT2D eigenvalue weighted by Crippen LogP contribution is -2.58. The Morgan fingerprint density at radius 1 is 1.13 bits per heavy atom. The zero-order valence-electron chi connectivity index (χ0n) is 12.2. The monoisotopic (exact) mass is 336 g/mol. The Balaban J connectivity index is 2.60. The number of carbonyl (C=O) groups excluding carboxylic acids is 1. The van der Waals surface area contributed by atoms with E-state index in [0.717, 1.165) is 20.3 Å². The van der Waals surface area contributed by atoms with Crippen molar-refractivity contribution in [2.45, 2.75) is 23.8 Å². The Morgan fingerprint density at radius 3 is 2.26 bits per heavy atom. The molecule has 0 heterocycles. The van der Waals surface area contributed by atoms with Crippen LogP contribution in [0.3, 0.4) is 0 Å². The first-order valence-electron chi connectivity index (χ1n) is 6.47. The van der Waals surface area contributed by atoms with E-state index in [2.05, 4.69) is 0 Å². The molecule has 2 rings (SSSR count). The Kier molecular flexibility index (Phi) is 4.34. The van der Waals surface area contributed by atoms with E-state index in [4.69, 9.17) is 9.47 Å². The molecule has 0 spiro atoms. The number of methoxy groups -OCH3 is 2. The molecule has 0 fully saturated rings. The average molecular weight is 336 g/mol. The fraction of sp³-hybridized carbons (Fsp3) is 0.400. The van der Waals surface area contributed by atoms with Crippen LogP contribution in [0.25, 0.3) is 6.08 Å². The highest BCUT2D eigenvalue weighted by Gasteiger charge is 2.69. The number of benzene rings is 1. The summed E-state index contributed by atoms with van der Waals surface area (Å²) in [5.41, 5.74) is -1.76. The molecule has 0 radical (unpaired) electrons. The van der Waals surface area contributed by atoms with E-state index in [1.807, 2.05) is 0 Å². The van der Waals surface area contributed by atoms with E-state index < -0.39 is 29.6 Å². The number of halogens is 5. The Hall–Kier alpha value is -1.80. The van der Waals surface area contributed by atoms with Gasteiger partial charge in [0.15, 0.2) is 5.60 Å². The molecule has 0 bridgehead atoms. The topological polar surface area (TPSA) is 35.5 Å². The number of hydrogen-bond acceptors (Lipinski definition) is 3. The summed E-state index contributed by atoms with van der Waals surface area (Å²) in [6, 6.07) is 6.29. The molecule has 0 saturated heterocycles. The van der Waals surface area contributed by atoms with E-state index >= 15 is 0 Å². The van der Waals surface area contributed by atoms with Crippen molar-refractivity contribution in [3.63, 3.8) is 0 Å². The lowest BCUT2D eigenvalue weighted by molar-refractivity contribution is -0.277. The van der Waals surface area contributed by atoms with Gasteiger partial charge in [0.1, 0.15) is 6.10 Å². The molecule has 0 saturated carbocycles. The number of ketones is 1. The molecule has 3 nitrogen and oxygen atoms in total. The molecule has 1 aliphatic rings. The second kappa shape index (κ2) is 5.68. The molecule has 0 N–H and O–H groups in total. The van der Waals surface area contributed by atoms with Crippen molar-refractivity contribution in [1.82, 2.24) is 0 Å². The summed E-state index contributed by atoms with van der Waals surface area (Å²) in [7, 11) is 1.99. The molecular weight excluding hydrogens is 323 g/mol. The Morgan fingerprint density at radius 2 is 1.74 bits per heavy atom. The highest BCUT2D eigenvalue weighted by molar-refractivity contribution is 5.98. The van der Waals surface area contributed by atoms with Crippen molar-refractivity contribution < 1.29 is 36.2 Å². The maximum absolute atomic E-state index is 13.6. The normalized spacial score (nSPS) is 24.4. The summed E-state index contributed by atoms with van der Waals surface area (Å²) in [5, 5.41) is 0. The molecule has 0 aromatic heterocycles. The SMILES string of the molecule is COC1c2ccccc2C=CC1(OC)C(=O)C(F)(F)C(F)(F)F. The molecule has 8 heteroatoms. The summed E-state index contributed by atoms with van der Waals surface area (Å²) in [6.45, 7) is 0. The minimum Gasteiger partial charge on any atom is -0.373 e. The van der Waals surface area contributed by atoms with Crippen LogP contribution in [0, 0.1) is 0 Å². The molecule has 23 heavy (non-hydrogen) atoms. The van der Waals surface area contributed by atoms with Gasteiger partial charge in [0, 0.05) is 14.2 Å². The van der Waals surface area contributed by atoms with E-state index in [1.165, 1.54) is 12.1 Å². The largest absolute Gasteiger partial charge is 0.461 e. The fourth-order valence-electron chi connectivity index (χ4n) is 2.57. The second-order valence-corrected chi connectivity index (χ2v) is 4.98. The second-order valence-electron chi connectivity index (χ2n) is 4.98. The van der Waals surface area contributed by atoms with Crippen molar-refractivity contribution in [2.24, 2.45) is 0 Å². The van der Waals surface area contributed by atoms with Crippen LogP contribution in [0.1, 0.15) is 17.2 Å². The van der Waals surface area contributed by atoms with Crippen LogP contribution in [0.2, 0.25) is 0 Å². The average Bonchev–Trinajstić information content (AvgIpc) is 2.51. The molecule has 1 aliphatic carbocycles. The molecule has 0 amide bonds. The summed E-state index contributed by atoms with van der Waals surface area (Å²) >= 11 is 0. The van der Waals surface area contributed by atoms with Gasteiger partial charge in [-0.25, -0.2) is 0 Å². The molecule has 1 aromatic carbocycles. The standard InChI is InChI=1S/C15H13F5O3/c1-22-11-10-6-4-3-5-9(10)7-8-13(11,23-2)12(21)14(16,17)15(18,19)20/h3-8,11H,1-2H3. The van der Waals surface area contributed by atoms with Crippen molar-refractivity contribution in [3.05, 3.63) is 41.5 Å². The Labute approximate surface area is 128 Å². The van der Waals surface area contributed by atoms with Crippen LogP contribution in [0.15, 0.2) is 30.3 Å². The van der Waals surface area contributed by atoms with Crippen LogP contribution < -0.4 is 0 Å². The van der Waals surface area contributed by atoms with Gasteiger partial charge in [0.05, 0.1) is 0 Å². The summed E-state index contributed by atoms with van der Waals surface area (Å²) in [5.74, 6) is -7.99. The number of Topliss-reactive ketones (excluding diaryl/α,β-unsaturated/α-hetero) is 1. The van der Waals surface area contributed by atoms with Gasteiger partial charge >= 0.3 is 12.1 Å². The predicted molar refractivity (Wildman–Crippen MR) is 71.0 cm³/mol. The first kappa shape index (κ1) is 17.6. The summed E-state index contributed by atoms with van der Waals surface area (Å²) in [4.78, 5) is 12.1. The van der Waals surface area contributed by atoms with Gasteiger partial charge in [-0.15, -0.1) is 0 Å². The van der Waals surface area contributed by atoms with Gasteiger partial charge < -0.3 is 9.47 Å². The maximum atomic E-state index is 13.6. The smallest absolute Gasteiger partial charge is 0.373 e. The van der Waals surface area contributed by atoms with E-state index in [-0.39, 0.29) is 5.56 Å². The van der Waals surface area contributed by atoms with Crippen molar-refractivity contribution >= 4 is 11.9 Å². The highest BCUT2D eigenvalue weighted by Crippen LogP contribution is 2.47. The number of ether oxygens (including phenoxy) is 2. The number of alkyl halides is 5. The Bertz CT molecular complexity index is 638. The zero-order chi connectivity index (χ0) is 17.5. The van der Waals surface area contributed by atoms with E-state index in [0.29, 0.717) is 5.56 Å². The molecular formula is C15H13F5O3. The van der Waals surface area contributed by atoms with E-state index in [9.17, 15) is 26.7 Å². The van der Waals surface area contributed by atoms with Gasteiger partial charge in [-0.1, -0.05) is 30.3 Å². The van der Waals surface area contributed by atoms with Crippen LogP contribution in [0.5, 0.6) is 0 Å². The molecule has 2 unspecified atom stereocenters. The van der Waals surface area contributed by atoms with E-state index in [1.54, 1.807) is 18.2 Å². The van der Waals surface area contributed by atoms with Gasteiger partial charge in [-0.3, -0.25) is 4.79 Å². The first-order valence-corrected chi connectivity index (χ1v) is 6.47. The highest BCUT2D eigenvalue weighted by atomic mass is 19.4. The van der Waals surface area contributed by atoms with Crippen LogP contribution >= 0.6 is 0 Å². The van der Waals surface area contributed by atoms with Gasteiger partial charge in [-0.2, -0.15) is 22.0 Å². The molecule has 0 aliphatic heterocycles. The van der Waals surface area contributed by atoms with Gasteiger partial charge in [0.2, 0.25) is 5.78 Å². The number of carbonyl (C=O) groups is 1. The number of rotatable bonds is 4. The van der Waals surface area contributed by atoms with Crippen LogP contribution in [-0.2, 0) is 14.3 Å². The molecule has 2 atom stereocenters. The van der Waals surface area contributed by atoms with Crippen molar-refractivity contribution in [3.8, 4) is 0 Å². The third-order valence-corrected chi connectivity index (χ3v) is 3.75. The summed E-state index contributed by atoms with van der Waals surface area (Å²) in [6.07, 6.45) is -5.32. The first-order chi connectivity index (χ1) is 10.6. The quantitative estimate of drug-likeness (QED) is 0.789. The third-order valence-electron chi connectivity index (χ3n) is 3.75. The van der Waals surface area contributed by atoms with Crippen LogP contribution in [0.4, 0.5) is 22.0 Å². The summed E-state index contributed by atoms with van der Waals surface area (Å²) < 4.78 is 74.8.